The van der Waals surface area contributed by atoms with E-state index in [0.717, 1.165) is 23.0 Å². The maximum Gasteiger partial charge on any atom is 0.0675 e. The SMILES string of the molecule is CCc1cccnc1C(Cc1cccc(Br)c1)NN. The standard InChI is InChI=1S/C15H18BrN3/c1-2-12-6-4-8-18-15(12)14(19-17)10-11-5-3-7-13(16)9-11/h3-9,14,19H,2,10,17H2,1H3. The summed E-state index contributed by atoms with van der Waals surface area (Å²) < 4.78 is 1.08. The zero-order valence-electron chi connectivity index (χ0n) is 10.9. The van der Waals surface area contributed by atoms with Crippen molar-refractivity contribution in [1.29, 1.82) is 0 Å². The fourth-order valence-electron chi connectivity index (χ4n) is 2.20. The number of hydrazine groups is 1. The molecule has 0 aliphatic carbocycles. The largest absolute Gasteiger partial charge is 0.271 e. The van der Waals surface area contributed by atoms with E-state index in [1.54, 1.807) is 0 Å². The molecule has 100 valence electrons. The van der Waals surface area contributed by atoms with Crippen molar-refractivity contribution in [3.05, 3.63) is 63.9 Å². The minimum atomic E-state index is 0.0328. The van der Waals surface area contributed by atoms with Crippen molar-refractivity contribution in [2.45, 2.75) is 25.8 Å². The third-order valence-electron chi connectivity index (χ3n) is 3.17. The lowest BCUT2D eigenvalue weighted by Gasteiger charge is -2.18. The van der Waals surface area contributed by atoms with Crippen LogP contribution in [-0.4, -0.2) is 4.98 Å². The zero-order valence-corrected chi connectivity index (χ0v) is 12.5. The van der Waals surface area contributed by atoms with Gasteiger partial charge >= 0.3 is 0 Å². The third-order valence-corrected chi connectivity index (χ3v) is 3.66. The van der Waals surface area contributed by atoms with Crippen molar-refractivity contribution >= 4 is 15.9 Å². The summed E-state index contributed by atoms with van der Waals surface area (Å²) in [5.74, 6) is 5.71. The highest BCUT2D eigenvalue weighted by Crippen LogP contribution is 2.21. The Bertz CT molecular complexity index is 542. The van der Waals surface area contributed by atoms with Gasteiger partial charge in [-0.05, 0) is 42.2 Å². The summed E-state index contributed by atoms with van der Waals surface area (Å²) in [6.45, 7) is 2.13. The number of nitrogens with two attached hydrogens (primary N) is 1. The van der Waals surface area contributed by atoms with E-state index in [1.165, 1.54) is 11.1 Å². The lowest BCUT2D eigenvalue weighted by molar-refractivity contribution is 0.533. The predicted octanol–water partition coefficient (Wildman–Crippen LogP) is 3.15. The van der Waals surface area contributed by atoms with Gasteiger partial charge in [-0.3, -0.25) is 16.3 Å². The van der Waals surface area contributed by atoms with E-state index in [4.69, 9.17) is 5.84 Å². The first kappa shape index (κ1) is 14.2. The monoisotopic (exact) mass is 319 g/mol. The number of benzene rings is 1. The van der Waals surface area contributed by atoms with Crippen molar-refractivity contribution in [3.63, 3.8) is 0 Å². The Morgan fingerprint density at radius 2 is 2.16 bits per heavy atom. The van der Waals surface area contributed by atoms with Crippen LogP contribution >= 0.6 is 15.9 Å². The van der Waals surface area contributed by atoms with Gasteiger partial charge in [-0.25, -0.2) is 0 Å². The van der Waals surface area contributed by atoms with Gasteiger partial charge in [0.25, 0.3) is 0 Å². The molecule has 0 saturated heterocycles. The maximum atomic E-state index is 5.71. The molecule has 3 nitrogen and oxygen atoms in total. The summed E-state index contributed by atoms with van der Waals surface area (Å²) in [5, 5.41) is 0. The van der Waals surface area contributed by atoms with Gasteiger partial charge in [-0.2, -0.15) is 0 Å². The maximum absolute atomic E-state index is 5.71. The molecule has 0 radical (unpaired) electrons. The van der Waals surface area contributed by atoms with Crippen molar-refractivity contribution in [2.24, 2.45) is 5.84 Å². The minimum absolute atomic E-state index is 0.0328. The Morgan fingerprint density at radius 3 is 2.84 bits per heavy atom. The number of halogens is 1. The number of aryl methyl sites for hydroxylation is 1. The van der Waals surface area contributed by atoms with E-state index in [1.807, 2.05) is 24.4 Å². The normalized spacial score (nSPS) is 12.4. The topological polar surface area (TPSA) is 50.9 Å². The van der Waals surface area contributed by atoms with Crippen LogP contribution in [0.25, 0.3) is 0 Å². The molecule has 0 amide bonds. The number of hydrogen-bond acceptors (Lipinski definition) is 3. The zero-order chi connectivity index (χ0) is 13.7. The fraction of sp³-hybridized carbons (Fsp3) is 0.267. The Labute approximate surface area is 122 Å². The van der Waals surface area contributed by atoms with Crippen LogP contribution < -0.4 is 11.3 Å². The van der Waals surface area contributed by atoms with E-state index in [9.17, 15) is 0 Å². The van der Waals surface area contributed by atoms with Gasteiger partial charge in [0.1, 0.15) is 0 Å². The highest BCUT2D eigenvalue weighted by Gasteiger charge is 2.15. The first-order valence-electron chi connectivity index (χ1n) is 6.39. The molecule has 1 aromatic carbocycles. The van der Waals surface area contributed by atoms with Crippen LogP contribution in [-0.2, 0) is 12.8 Å². The number of aromatic nitrogens is 1. The molecule has 0 saturated carbocycles. The molecule has 0 aliphatic heterocycles. The van der Waals surface area contributed by atoms with E-state index in [2.05, 4.69) is 51.5 Å². The molecular weight excluding hydrogens is 302 g/mol. The first-order chi connectivity index (χ1) is 9.24. The van der Waals surface area contributed by atoms with Gasteiger partial charge in [0.2, 0.25) is 0 Å². The van der Waals surface area contributed by atoms with Gasteiger partial charge < -0.3 is 0 Å². The average Bonchev–Trinajstić information content (AvgIpc) is 2.45. The molecule has 19 heavy (non-hydrogen) atoms. The summed E-state index contributed by atoms with van der Waals surface area (Å²) in [4.78, 5) is 4.49. The van der Waals surface area contributed by atoms with E-state index in [0.29, 0.717) is 0 Å². The number of rotatable bonds is 5. The number of pyridine rings is 1. The third kappa shape index (κ3) is 3.62. The second-order valence-corrected chi connectivity index (χ2v) is 5.37. The van der Waals surface area contributed by atoms with Gasteiger partial charge in [-0.1, -0.05) is 41.1 Å². The number of hydrogen-bond donors (Lipinski definition) is 2. The fourth-order valence-corrected chi connectivity index (χ4v) is 2.64. The first-order valence-corrected chi connectivity index (χ1v) is 7.18. The molecule has 0 aliphatic rings. The molecule has 1 aromatic heterocycles. The Kier molecular flexibility index (Phi) is 5.07. The molecular formula is C15H18BrN3. The second-order valence-electron chi connectivity index (χ2n) is 4.45. The van der Waals surface area contributed by atoms with E-state index in [-0.39, 0.29) is 6.04 Å². The van der Waals surface area contributed by atoms with Crippen LogP contribution in [0.4, 0.5) is 0 Å². The van der Waals surface area contributed by atoms with Gasteiger partial charge in [0, 0.05) is 10.7 Å². The molecule has 0 spiro atoms. The average molecular weight is 320 g/mol. The van der Waals surface area contributed by atoms with Gasteiger partial charge in [0.15, 0.2) is 0 Å². The number of nitrogens with one attached hydrogen (secondary N) is 1. The van der Waals surface area contributed by atoms with E-state index >= 15 is 0 Å². The van der Waals surface area contributed by atoms with Crippen LogP contribution in [0.15, 0.2) is 47.1 Å². The van der Waals surface area contributed by atoms with Crippen molar-refractivity contribution in [2.75, 3.05) is 0 Å². The predicted molar refractivity (Wildman–Crippen MR) is 81.5 cm³/mol. The van der Waals surface area contributed by atoms with Crippen LogP contribution in [0.1, 0.15) is 29.8 Å². The Hall–Kier alpha value is -1.23. The van der Waals surface area contributed by atoms with Gasteiger partial charge in [0.05, 0.1) is 11.7 Å². The molecule has 0 fully saturated rings. The summed E-state index contributed by atoms with van der Waals surface area (Å²) in [6, 6.07) is 12.4. The molecule has 2 rings (SSSR count). The molecule has 1 atom stereocenters. The van der Waals surface area contributed by atoms with Crippen LogP contribution in [0.3, 0.4) is 0 Å². The smallest absolute Gasteiger partial charge is 0.0675 e. The lowest BCUT2D eigenvalue weighted by Crippen LogP contribution is -2.31. The van der Waals surface area contributed by atoms with Crippen molar-refractivity contribution in [1.82, 2.24) is 10.4 Å². The van der Waals surface area contributed by atoms with Crippen molar-refractivity contribution in [3.8, 4) is 0 Å². The Morgan fingerprint density at radius 1 is 1.32 bits per heavy atom. The number of nitrogens with zero attached hydrogens (tertiary/aromatic N) is 1. The van der Waals surface area contributed by atoms with Crippen LogP contribution in [0.2, 0.25) is 0 Å². The van der Waals surface area contributed by atoms with Crippen LogP contribution in [0, 0.1) is 0 Å². The van der Waals surface area contributed by atoms with Crippen LogP contribution in [0.5, 0.6) is 0 Å². The molecule has 4 heteroatoms. The molecule has 2 aromatic rings. The summed E-state index contributed by atoms with van der Waals surface area (Å²) in [6.07, 6.45) is 3.60. The highest BCUT2D eigenvalue weighted by atomic mass is 79.9. The second kappa shape index (κ2) is 6.80. The lowest BCUT2D eigenvalue weighted by atomic mass is 9.99. The molecule has 3 N–H and O–H groups in total. The quantitative estimate of drug-likeness (QED) is 0.657. The van der Waals surface area contributed by atoms with Crippen molar-refractivity contribution < 1.29 is 0 Å². The van der Waals surface area contributed by atoms with Gasteiger partial charge in [-0.15, -0.1) is 0 Å². The summed E-state index contributed by atoms with van der Waals surface area (Å²) in [5.41, 5.74) is 6.38. The summed E-state index contributed by atoms with van der Waals surface area (Å²) >= 11 is 3.49. The molecule has 1 heterocycles. The highest BCUT2D eigenvalue weighted by molar-refractivity contribution is 9.10. The Balaban J connectivity index is 2.25. The minimum Gasteiger partial charge on any atom is -0.271 e. The molecule has 0 bridgehead atoms. The molecule has 1 unspecified atom stereocenters. The van der Waals surface area contributed by atoms with E-state index < -0.39 is 0 Å². The summed E-state index contributed by atoms with van der Waals surface area (Å²) in [7, 11) is 0.